The largest absolute Gasteiger partial charge is 0.465 e. The van der Waals surface area contributed by atoms with Gasteiger partial charge >= 0.3 is 11.7 Å². The third-order valence-electron chi connectivity index (χ3n) is 5.23. The van der Waals surface area contributed by atoms with Gasteiger partial charge in [0.05, 0.1) is 18.4 Å². The molecule has 0 saturated carbocycles. The predicted octanol–water partition coefficient (Wildman–Crippen LogP) is 2.21. The van der Waals surface area contributed by atoms with Crippen molar-refractivity contribution in [1.82, 2.24) is 19.1 Å². The second-order valence-corrected chi connectivity index (χ2v) is 8.49. The molecule has 0 fully saturated rings. The monoisotopic (exact) mass is 491 g/mol. The van der Waals surface area contributed by atoms with Crippen molar-refractivity contribution in [2.24, 2.45) is 14.1 Å². The van der Waals surface area contributed by atoms with Gasteiger partial charge in [-0.15, -0.1) is 0 Å². The van der Waals surface area contributed by atoms with Crippen LogP contribution in [0.5, 0.6) is 0 Å². The Balaban J connectivity index is 1.66. The summed E-state index contributed by atoms with van der Waals surface area (Å²) in [5, 5.41) is 3.20. The molecule has 4 rings (SSSR count). The summed E-state index contributed by atoms with van der Waals surface area (Å²) >= 11 is 1.07. The lowest BCUT2D eigenvalue weighted by atomic mass is 10.2. The average molecular weight is 492 g/mol. The Morgan fingerprint density at radius 3 is 2.31 bits per heavy atom. The van der Waals surface area contributed by atoms with Crippen LogP contribution in [0.2, 0.25) is 0 Å². The Morgan fingerprint density at radius 2 is 1.66 bits per heavy atom. The smallest absolute Gasteiger partial charge is 0.337 e. The molecule has 178 valence electrons. The zero-order chi connectivity index (χ0) is 25.1. The van der Waals surface area contributed by atoms with Gasteiger partial charge in [0.1, 0.15) is 10.4 Å². The zero-order valence-electron chi connectivity index (χ0n) is 19.1. The summed E-state index contributed by atoms with van der Waals surface area (Å²) in [5.74, 6) is -0.525. The van der Waals surface area contributed by atoms with Gasteiger partial charge in [-0.25, -0.2) is 19.6 Å². The molecule has 0 spiro atoms. The normalized spacial score (nSPS) is 10.8. The van der Waals surface area contributed by atoms with Gasteiger partial charge < -0.3 is 10.1 Å². The van der Waals surface area contributed by atoms with E-state index in [1.54, 1.807) is 24.3 Å². The summed E-state index contributed by atoms with van der Waals surface area (Å²) in [6.07, 6.45) is 0. The average Bonchev–Trinajstić information content (AvgIpc) is 2.89. The van der Waals surface area contributed by atoms with Crippen LogP contribution in [0.15, 0.2) is 69.2 Å². The van der Waals surface area contributed by atoms with Crippen LogP contribution in [0.4, 0.5) is 5.69 Å². The highest BCUT2D eigenvalue weighted by Crippen LogP contribution is 2.26. The summed E-state index contributed by atoms with van der Waals surface area (Å²) in [6.45, 7) is 0. The van der Waals surface area contributed by atoms with E-state index in [0.29, 0.717) is 27.7 Å². The Morgan fingerprint density at radius 1 is 0.971 bits per heavy atom. The topological polar surface area (TPSA) is 125 Å². The van der Waals surface area contributed by atoms with Crippen molar-refractivity contribution in [3.63, 3.8) is 0 Å². The van der Waals surface area contributed by atoms with Gasteiger partial charge in [-0.1, -0.05) is 42.1 Å². The molecule has 0 radical (unpaired) electrons. The number of carbonyl (C=O) groups excluding carboxylic acids is 2. The van der Waals surface area contributed by atoms with Crippen molar-refractivity contribution >= 4 is 40.4 Å². The van der Waals surface area contributed by atoms with Crippen LogP contribution in [-0.4, -0.2) is 43.8 Å². The fourth-order valence-corrected chi connectivity index (χ4v) is 4.20. The first-order valence-corrected chi connectivity index (χ1v) is 11.4. The number of amides is 1. The number of aromatic nitrogens is 4. The van der Waals surface area contributed by atoms with E-state index in [2.05, 4.69) is 20.0 Å². The fourth-order valence-electron chi connectivity index (χ4n) is 3.39. The SMILES string of the molecule is COC(=O)c1ccc(NC(=O)CSc2nc(-c3ccccc3)nc3c2c(=O)n(C)c(=O)n3C)cc1. The van der Waals surface area contributed by atoms with Gasteiger partial charge in [0.2, 0.25) is 5.91 Å². The number of thioether (sulfide) groups is 1. The third-order valence-corrected chi connectivity index (χ3v) is 6.20. The number of nitrogens with zero attached hydrogens (tertiary/aromatic N) is 4. The van der Waals surface area contributed by atoms with E-state index in [4.69, 9.17) is 0 Å². The number of rotatable bonds is 6. The second-order valence-electron chi connectivity index (χ2n) is 7.53. The highest BCUT2D eigenvalue weighted by molar-refractivity contribution is 8.00. The predicted molar refractivity (Wildman–Crippen MR) is 133 cm³/mol. The number of carbonyl (C=O) groups is 2. The molecule has 2 aromatic carbocycles. The van der Waals surface area contributed by atoms with Crippen molar-refractivity contribution < 1.29 is 14.3 Å². The molecular formula is C24H21N5O5S. The van der Waals surface area contributed by atoms with Gasteiger partial charge in [0.15, 0.2) is 11.5 Å². The van der Waals surface area contributed by atoms with Crippen LogP contribution in [0.25, 0.3) is 22.4 Å². The summed E-state index contributed by atoms with van der Waals surface area (Å²) in [6, 6.07) is 15.4. The number of hydrogen-bond acceptors (Lipinski definition) is 8. The van der Waals surface area contributed by atoms with E-state index in [-0.39, 0.29) is 22.7 Å². The van der Waals surface area contributed by atoms with Crippen LogP contribution in [0.1, 0.15) is 10.4 Å². The minimum atomic E-state index is -0.538. The van der Waals surface area contributed by atoms with Crippen molar-refractivity contribution in [3.05, 3.63) is 81.0 Å². The van der Waals surface area contributed by atoms with E-state index in [0.717, 1.165) is 16.3 Å². The standard InChI is InChI=1S/C24H21N5O5S/c1-28-20-18(22(31)29(2)24(28)33)21(27-19(26-20)14-7-5-4-6-8-14)35-13-17(30)25-16-11-9-15(10-12-16)23(32)34-3/h4-12H,13H2,1-3H3,(H,25,30). The van der Waals surface area contributed by atoms with Gasteiger partial charge in [0.25, 0.3) is 5.56 Å². The number of methoxy groups -OCH3 is 1. The number of nitrogens with one attached hydrogen (secondary N) is 1. The van der Waals surface area contributed by atoms with Crippen LogP contribution < -0.4 is 16.6 Å². The van der Waals surface area contributed by atoms with Crippen LogP contribution in [-0.2, 0) is 23.6 Å². The molecule has 0 aliphatic rings. The Kier molecular flexibility index (Phi) is 6.78. The molecule has 2 heterocycles. The first kappa shape index (κ1) is 23.9. The number of ether oxygens (including phenoxy) is 1. The van der Waals surface area contributed by atoms with Gasteiger partial charge in [-0.3, -0.25) is 18.7 Å². The van der Waals surface area contributed by atoms with Crippen LogP contribution >= 0.6 is 11.8 Å². The second kappa shape index (κ2) is 9.94. The van der Waals surface area contributed by atoms with E-state index in [1.165, 1.54) is 25.8 Å². The van der Waals surface area contributed by atoms with Crippen molar-refractivity contribution in [2.45, 2.75) is 5.03 Å². The molecule has 35 heavy (non-hydrogen) atoms. The first-order chi connectivity index (χ1) is 16.8. The minimum Gasteiger partial charge on any atom is -0.465 e. The minimum absolute atomic E-state index is 0.0505. The molecule has 10 nitrogen and oxygen atoms in total. The van der Waals surface area contributed by atoms with Crippen molar-refractivity contribution in [2.75, 3.05) is 18.2 Å². The summed E-state index contributed by atoms with van der Waals surface area (Å²) in [4.78, 5) is 58.6. The molecule has 0 aliphatic carbocycles. The fraction of sp³-hybridized carbons (Fsp3) is 0.167. The Labute approximate surface area is 203 Å². The first-order valence-electron chi connectivity index (χ1n) is 10.4. The van der Waals surface area contributed by atoms with E-state index in [1.807, 2.05) is 30.3 Å². The molecule has 11 heteroatoms. The molecule has 0 bridgehead atoms. The molecule has 4 aromatic rings. The number of aryl methyl sites for hydroxylation is 1. The maximum absolute atomic E-state index is 12.9. The Bertz CT molecular complexity index is 1550. The number of esters is 1. The summed E-state index contributed by atoms with van der Waals surface area (Å²) in [5.41, 5.74) is 0.711. The van der Waals surface area contributed by atoms with E-state index < -0.39 is 17.2 Å². The lowest BCUT2D eigenvalue weighted by Crippen LogP contribution is -2.37. The highest BCUT2D eigenvalue weighted by atomic mass is 32.2. The summed E-state index contributed by atoms with van der Waals surface area (Å²) in [7, 11) is 4.21. The molecule has 1 N–H and O–H groups in total. The van der Waals surface area contributed by atoms with Gasteiger partial charge in [0, 0.05) is 25.3 Å². The van der Waals surface area contributed by atoms with E-state index in [9.17, 15) is 19.2 Å². The van der Waals surface area contributed by atoms with Gasteiger partial charge in [-0.05, 0) is 24.3 Å². The molecule has 0 saturated heterocycles. The summed E-state index contributed by atoms with van der Waals surface area (Å²) < 4.78 is 6.94. The lowest BCUT2D eigenvalue weighted by molar-refractivity contribution is -0.113. The maximum Gasteiger partial charge on any atom is 0.337 e. The van der Waals surface area contributed by atoms with Crippen LogP contribution in [0, 0.1) is 0 Å². The third kappa shape index (κ3) is 4.85. The molecule has 0 unspecified atom stereocenters. The molecule has 2 aromatic heterocycles. The van der Waals surface area contributed by atoms with Crippen molar-refractivity contribution in [1.29, 1.82) is 0 Å². The maximum atomic E-state index is 12.9. The number of hydrogen-bond donors (Lipinski definition) is 1. The molecule has 0 aliphatic heterocycles. The lowest BCUT2D eigenvalue weighted by Gasteiger charge is -2.12. The van der Waals surface area contributed by atoms with E-state index >= 15 is 0 Å². The Hall–Kier alpha value is -4.25. The highest BCUT2D eigenvalue weighted by Gasteiger charge is 2.19. The molecule has 1 amide bonds. The number of fused-ring (bicyclic) bond motifs is 1. The zero-order valence-corrected chi connectivity index (χ0v) is 20.0. The van der Waals surface area contributed by atoms with Crippen LogP contribution in [0.3, 0.4) is 0 Å². The number of benzene rings is 2. The molecular weight excluding hydrogens is 470 g/mol. The van der Waals surface area contributed by atoms with Gasteiger partial charge in [-0.2, -0.15) is 0 Å². The number of anilines is 1. The molecule has 0 atom stereocenters. The quantitative estimate of drug-likeness (QED) is 0.247. The van der Waals surface area contributed by atoms with Crippen molar-refractivity contribution in [3.8, 4) is 11.4 Å².